The molecule has 0 radical (unpaired) electrons. The summed E-state index contributed by atoms with van der Waals surface area (Å²) in [6, 6.07) is 0. The first-order valence-electron chi connectivity index (χ1n) is 5.73. The molecule has 86 valence electrons. The Morgan fingerprint density at radius 1 is 1.18 bits per heavy atom. The van der Waals surface area contributed by atoms with Crippen LogP contribution in [0.3, 0.4) is 0 Å². The van der Waals surface area contributed by atoms with Crippen LogP contribution >= 0.6 is 11.3 Å². The van der Waals surface area contributed by atoms with Crippen LogP contribution in [0.1, 0.15) is 6.42 Å². The van der Waals surface area contributed by atoms with Crippen LogP contribution in [0.2, 0.25) is 0 Å². The molecule has 0 aromatic carbocycles. The molecule has 0 spiro atoms. The summed E-state index contributed by atoms with van der Waals surface area (Å²) < 4.78 is 0. The molecule has 1 aromatic heterocycles. The minimum atomic E-state index is -0.124. The number of imide groups is 1. The third kappa shape index (κ3) is 1.05. The first-order valence-corrected chi connectivity index (χ1v) is 6.61. The van der Waals surface area contributed by atoms with Gasteiger partial charge in [0, 0.05) is 11.6 Å². The summed E-state index contributed by atoms with van der Waals surface area (Å²) in [6.45, 7) is 0. The quantitative estimate of drug-likeness (QED) is 0.556. The van der Waals surface area contributed by atoms with Crippen molar-refractivity contribution in [3.8, 4) is 0 Å². The molecular formula is C12H10N2O2S. The molecule has 2 amide bonds. The second kappa shape index (κ2) is 3.04. The highest BCUT2D eigenvalue weighted by Crippen LogP contribution is 2.53. The van der Waals surface area contributed by atoms with Gasteiger partial charge in [0.15, 0.2) is 5.13 Å². The number of anilines is 1. The highest BCUT2D eigenvalue weighted by Gasteiger charge is 2.60. The lowest BCUT2D eigenvalue weighted by atomic mass is 9.85. The summed E-state index contributed by atoms with van der Waals surface area (Å²) in [5.41, 5.74) is 0. The summed E-state index contributed by atoms with van der Waals surface area (Å²) >= 11 is 1.34. The maximum Gasteiger partial charge on any atom is 0.240 e. The van der Waals surface area contributed by atoms with Crippen LogP contribution in [-0.2, 0) is 9.59 Å². The van der Waals surface area contributed by atoms with E-state index in [4.69, 9.17) is 0 Å². The molecule has 4 rings (SSSR count). The largest absolute Gasteiger partial charge is 0.274 e. The van der Waals surface area contributed by atoms with Crippen LogP contribution < -0.4 is 4.90 Å². The third-order valence-corrected chi connectivity index (χ3v) is 4.84. The molecule has 4 nitrogen and oxygen atoms in total. The molecule has 0 unspecified atom stereocenters. The molecule has 0 N–H and O–H groups in total. The molecule has 1 aromatic rings. The molecule has 2 bridgehead atoms. The number of thiazole rings is 1. The van der Waals surface area contributed by atoms with E-state index >= 15 is 0 Å². The van der Waals surface area contributed by atoms with Crippen molar-refractivity contribution in [2.45, 2.75) is 6.42 Å². The Morgan fingerprint density at radius 3 is 2.35 bits per heavy atom. The lowest BCUT2D eigenvalue weighted by Gasteiger charge is -2.14. The number of hydrogen-bond acceptors (Lipinski definition) is 4. The van der Waals surface area contributed by atoms with Crippen LogP contribution in [-0.4, -0.2) is 16.8 Å². The molecular weight excluding hydrogens is 236 g/mol. The van der Waals surface area contributed by atoms with Gasteiger partial charge in [-0.25, -0.2) is 9.88 Å². The number of amides is 2. The van der Waals surface area contributed by atoms with E-state index in [1.165, 1.54) is 16.2 Å². The molecule has 2 heterocycles. The van der Waals surface area contributed by atoms with E-state index in [0.29, 0.717) is 5.13 Å². The Balaban J connectivity index is 1.79. The fourth-order valence-electron chi connectivity index (χ4n) is 3.42. The normalized spacial score (nSPS) is 38.2. The van der Waals surface area contributed by atoms with E-state index in [9.17, 15) is 9.59 Å². The number of carbonyl (C=O) groups excluding carboxylic acids is 2. The lowest BCUT2D eigenvalue weighted by molar-refractivity contribution is -0.123. The van der Waals surface area contributed by atoms with Crippen LogP contribution in [0.25, 0.3) is 0 Å². The number of rotatable bonds is 1. The summed E-state index contributed by atoms with van der Waals surface area (Å²) in [4.78, 5) is 30.0. The Hall–Kier alpha value is -1.49. The maximum atomic E-state index is 12.3. The summed E-state index contributed by atoms with van der Waals surface area (Å²) in [5, 5.41) is 2.31. The van der Waals surface area contributed by atoms with Gasteiger partial charge in [-0.1, -0.05) is 12.2 Å². The minimum Gasteiger partial charge on any atom is -0.274 e. The number of allylic oxidation sites excluding steroid dienone is 2. The van der Waals surface area contributed by atoms with E-state index in [1.807, 2.05) is 0 Å². The summed E-state index contributed by atoms with van der Waals surface area (Å²) in [5.74, 6) is 0.194. The van der Waals surface area contributed by atoms with E-state index in [-0.39, 0.29) is 35.5 Å². The van der Waals surface area contributed by atoms with Crippen molar-refractivity contribution in [2.24, 2.45) is 23.7 Å². The fraction of sp³-hybridized carbons (Fsp3) is 0.417. The van der Waals surface area contributed by atoms with Crippen LogP contribution in [0, 0.1) is 23.7 Å². The van der Waals surface area contributed by atoms with E-state index in [1.54, 1.807) is 11.6 Å². The Morgan fingerprint density at radius 2 is 1.82 bits per heavy atom. The maximum absolute atomic E-state index is 12.3. The van der Waals surface area contributed by atoms with Gasteiger partial charge in [-0.05, 0) is 18.3 Å². The van der Waals surface area contributed by atoms with Gasteiger partial charge < -0.3 is 0 Å². The first kappa shape index (κ1) is 9.53. The molecule has 4 atom stereocenters. The number of carbonyl (C=O) groups is 2. The second-order valence-electron chi connectivity index (χ2n) is 4.83. The van der Waals surface area contributed by atoms with Crippen LogP contribution in [0.5, 0.6) is 0 Å². The molecule has 2 aliphatic carbocycles. The molecule has 1 aliphatic heterocycles. The molecule has 5 heteroatoms. The second-order valence-corrected chi connectivity index (χ2v) is 5.70. The van der Waals surface area contributed by atoms with Gasteiger partial charge in [0.1, 0.15) is 0 Å². The summed E-state index contributed by atoms with van der Waals surface area (Å²) in [6.07, 6.45) is 6.80. The SMILES string of the molecule is O=C1[C@@H]2[C@H](C(=O)N1c1nccs1)[C@@H]1C=C[C@H]2C1. The van der Waals surface area contributed by atoms with Crippen molar-refractivity contribution in [1.29, 1.82) is 0 Å². The molecule has 17 heavy (non-hydrogen) atoms. The smallest absolute Gasteiger partial charge is 0.240 e. The molecule has 1 saturated carbocycles. The van der Waals surface area contributed by atoms with Crippen LogP contribution in [0.15, 0.2) is 23.7 Å². The van der Waals surface area contributed by atoms with Crippen molar-refractivity contribution in [2.75, 3.05) is 4.90 Å². The van der Waals surface area contributed by atoms with Gasteiger partial charge >= 0.3 is 0 Å². The number of aromatic nitrogens is 1. The topological polar surface area (TPSA) is 50.3 Å². The average molecular weight is 246 g/mol. The van der Waals surface area contributed by atoms with Crippen molar-refractivity contribution >= 4 is 28.3 Å². The van der Waals surface area contributed by atoms with Gasteiger partial charge in [-0.2, -0.15) is 0 Å². The van der Waals surface area contributed by atoms with Gasteiger partial charge in [0.2, 0.25) is 11.8 Å². The van der Waals surface area contributed by atoms with Gasteiger partial charge in [-0.3, -0.25) is 9.59 Å². The average Bonchev–Trinajstić information content (AvgIpc) is 3.03. The van der Waals surface area contributed by atoms with Crippen molar-refractivity contribution < 1.29 is 9.59 Å². The Bertz CT molecular complexity index is 507. The van der Waals surface area contributed by atoms with Crippen molar-refractivity contribution in [3.63, 3.8) is 0 Å². The van der Waals surface area contributed by atoms with E-state index in [0.717, 1.165) is 6.42 Å². The highest BCUT2D eigenvalue weighted by molar-refractivity contribution is 7.14. The predicted octanol–water partition coefficient (Wildman–Crippen LogP) is 1.45. The van der Waals surface area contributed by atoms with Gasteiger partial charge in [0.05, 0.1) is 11.8 Å². The minimum absolute atomic E-state index is 0.0493. The standard InChI is InChI=1S/C12H10N2O2S/c15-10-8-6-1-2-7(5-6)9(8)11(16)14(10)12-13-3-4-17-12/h1-4,6-9H,5H2/t6-,7+,8-,9+. The monoisotopic (exact) mass is 246 g/mol. The van der Waals surface area contributed by atoms with Gasteiger partial charge in [-0.15, -0.1) is 11.3 Å². The predicted molar refractivity (Wildman–Crippen MR) is 62.3 cm³/mol. The lowest BCUT2D eigenvalue weighted by Crippen LogP contribution is -2.32. The first-order chi connectivity index (χ1) is 8.27. The van der Waals surface area contributed by atoms with Gasteiger partial charge in [0.25, 0.3) is 0 Å². The third-order valence-electron chi connectivity index (χ3n) is 4.08. The zero-order valence-electron chi connectivity index (χ0n) is 8.95. The molecule has 1 saturated heterocycles. The zero-order chi connectivity index (χ0) is 11.6. The number of nitrogens with zero attached hydrogens (tertiary/aromatic N) is 2. The Labute approximate surface area is 102 Å². The fourth-order valence-corrected chi connectivity index (χ4v) is 4.07. The Kier molecular flexibility index (Phi) is 1.71. The van der Waals surface area contributed by atoms with E-state index < -0.39 is 0 Å². The highest BCUT2D eigenvalue weighted by atomic mass is 32.1. The summed E-state index contributed by atoms with van der Waals surface area (Å²) in [7, 11) is 0. The van der Waals surface area contributed by atoms with Crippen LogP contribution in [0.4, 0.5) is 5.13 Å². The number of hydrogen-bond donors (Lipinski definition) is 0. The molecule has 2 fully saturated rings. The van der Waals surface area contributed by atoms with Crippen molar-refractivity contribution in [1.82, 2.24) is 4.98 Å². The van der Waals surface area contributed by atoms with E-state index in [2.05, 4.69) is 17.1 Å². The van der Waals surface area contributed by atoms with Crippen molar-refractivity contribution in [3.05, 3.63) is 23.7 Å². The zero-order valence-corrected chi connectivity index (χ0v) is 9.76. The molecule has 3 aliphatic rings. The number of fused-ring (bicyclic) bond motifs is 5.